The predicted molar refractivity (Wildman–Crippen MR) is 149 cm³/mol. The molecule has 2 aromatic carbocycles. The number of pyridine rings is 2. The van der Waals surface area contributed by atoms with Gasteiger partial charge in [0.1, 0.15) is 0 Å². The summed E-state index contributed by atoms with van der Waals surface area (Å²) in [5, 5.41) is 0. The summed E-state index contributed by atoms with van der Waals surface area (Å²) in [5.74, 6) is 0. The minimum Gasteiger partial charge on any atom is -0.252 e. The average Bonchev–Trinajstić information content (AvgIpc) is 2.83. The molecule has 35 heavy (non-hydrogen) atoms. The predicted octanol–water partition coefficient (Wildman–Crippen LogP) is 8.73. The molecule has 2 heterocycles. The molecule has 4 aromatic rings. The molecule has 0 fully saturated rings. The zero-order valence-electron chi connectivity index (χ0n) is 22.5. The lowest BCUT2D eigenvalue weighted by Gasteiger charge is -2.25. The maximum Gasteiger partial charge on any atom is 0.0705 e. The normalized spacial score (nSPS) is 12.6. The number of hydrogen-bond acceptors (Lipinski definition) is 2. The second-order valence-electron chi connectivity index (χ2n) is 12.1. The van der Waals surface area contributed by atoms with Crippen molar-refractivity contribution in [3.8, 4) is 22.5 Å². The smallest absolute Gasteiger partial charge is 0.0705 e. The fraction of sp³-hybridized carbons (Fsp3) is 0.333. The van der Waals surface area contributed by atoms with Gasteiger partial charge in [0.15, 0.2) is 0 Å². The summed E-state index contributed by atoms with van der Waals surface area (Å²) in [6.07, 6.45) is 0. The van der Waals surface area contributed by atoms with E-state index in [1.54, 1.807) is 0 Å². The Balaban J connectivity index is 1.72. The van der Waals surface area contributed by atoms with Gasteiger partial charge in [-0.3, -0.25) is 9.97 Å². The van der Waals surface area contributed by atoms with Crippen LogP contribution in [0.15, 0.2) is 84.9 Å². The minimum absolute atomic E-state index is 0.0988. The van der Waals surface area contributed by atoms with E-state index in [1.165, 1.54) is 11.1 Å². The van der Waals surface area contributed by atoms with E-state index < -0.39 is 0 Å². The summed E-state index contributed by atoms with van der Waals surface area (Å²) >= 11 is 0. The number of rotatable bonds is 4. The van der Waals surface area contributed by atoms with Crippen molar-refractivity contribution in [2.24, 2.45) is 0 Å². The average molecular weight is 463 g/mol. The fourth-order valence-electron chi connectivity index (χ4n) is 4.31. The third-order valence-electron chi connectivity index (χ3n) is 6.83. The van der Waals surface area contributed by atoms with Gasteiger partial charge in [-0.25, -0.2) is 0 Å². The van der Waals surface area contributed by atoms with Gasteiger partial charge >= 0.3 is 0 Å². The van der Waals surface area contributed by atoms with Gasteiger partial charge in [-0.1, -0.05) is 90.1 Å². The van der Waals surface area contributed by atoms with Crippen LogP contribution in [0.2, 0.25) is 0 Å². The molecule has 2 heteroatoms. The Labute approximate surface area is 211 Å². The first-order chi connectivity index (χ1) is 16.4. The van der Waals surface area contributed by atoms with Gasteiger partial charge in [0.2, 0.25) is 0 Å². The minimum atomic E-state index is -0.338. The summed E-state index contributed by atoms with van der Waals surface area (Å²) in [5.41, 5.74) is 8.81. The standard InChI is InChI=1S/C33H38N2/c1-31(2,3)25-15-9-13-23(21-25)27-17-11-19-29(34-27)33(7,8)30-20-12-18-28(35-30)24-14-10-16-26(22-24)32(4,5)6/h9-22H,1-8H3. The van der Waals surface area contributed by atoms with Crippen LogP contribution < -0.4 is 0 Å². The topological polar surface area (TPSA) is 25.8 Å². The third-order valence-corrected chi connectivity index (χ3v) is 6.83. The first-order valence-electron chi connectivity index (χ1n) is 12.5. The lowest BCUT2D eigenvalue weighted by Crippen LogP contribution is -2.22. The zero-order valence-corrected chi connectivity index (χ0v) is 22.5. The van der Waals surface area contributed by atoms with E-state index in [0.29, 0.717) is 0 Å². The molecule has 0 atom stereocenters. The van der Waals surface area contributed by atoms with Crippen molar-refractivity contribution in [2.75, 3.05) is 0 Å². The molecule has 2 nitrogen and oxygen atoms in total. The number of aromatic nitrogens is 2. The van der Waals surface area contributed by atoms with Crippen LogP contribution in [0, 0.1) is 0 Å². The highest BCUT2D eigenvalue weighted by atomic mass is 14.8. The highest BCUT2D eigenvalue weighted by molar-refractivity contribution is 5.62. The van der Waals surface area contributed by atoms with Crippen LogP contribution in [0.4, 0.5) is 0 Å². The highest BCUT2D eigenvalue weighted by Crippen LogP contribution is 2.33. The van der Waals surface area contributed by atoms with Crippen LogP contribution in [0.1, 0.15) is 77.9 Å². The largest absolute Gasteiger partial charge is 0.252 e. The molecule has 0 radical (unpaired) electrons. The lowest BCUT2D eigenvalue weighted by molar-refractivity contribution is 0.590. The van der Waals surface area contributed by atoms with E-state index in [2.05, 4.69) is 140 Å². The molecule has 0 spiro atoms. The van der Waals surface area contributed by atoms with E-state index in [1.807, 2.05) is 0 Å². The Morgan fingerprint density at radius 1 is 0.457 bits per heavy atom. The summed E-state index contributed by atoms with van der Waals surface area (Å²) < 4.78 is 0. The Kier molecular flexibility index (Phi) is 6.44. The fourth-order valence-corrected chi connectivity index (χ4v) is 4.31. The van der Waals surface area contributed by atoms with E-state index in [0.717, 1.165) is 33.9 Å². The van der Waals surface area contributed by atoms with Crippen molar-refractivity contribution in [2.45, 2.75) is 71.6 Å². The molecule has 0 saturated heterocycles. The second kappa shape index (κ2) is 9.07. The molecular formula is C33H38N2. The van der Waals surface area contributed by atoms with E-state index >= 15 is 0 Å². The second-order valence-corrected chi connectivity index (χ2v) is 12.1. The van der Waals surface area contributed by atoms with Gasteiger partial charge in [-0.05, 0) is 72.2 Å². The third kappa shape index (κ3) is 5.37. The SMILES string of the molecule is CC(C)(C)c1cccc(-c2cccc(C(C)(C)c3cccc(-c4cccc(C(C)(C)C)c4)n3)n2)c1. The Morgan fingerprint density at radius 2 is 0.829 bits per heavy atom. The van der Waals surface area contributed by atoms with Gasteiger partial charge in [-0.2, -0.15) is 0 Å². The Hall–Kier alpha value is -3.26. The molecule has 4 rings (SSSR count). The summed E-state index contributed by atoms with van der Waals surface area (Å²) in [4.78, 5) is 10.2. The first kappa shape index (κ1) is 24.9. The van der Waals surface area contributed by atoms with Gasteiger partial charge in [-0.15, -0.1) is 0 Å². The molecule has 0 N–H and O–H groups in total. The molecule has 0 bridgehead atoms. The Morgan fingerprint density at radius 3 is 1.20 bits per heavy atom. The van der Waals surface area contributed by atoms with Crippen molar-refractivity contribution in [1.29, 1.82) is 0 Å². The molecule has 0 saturated carbocycles. The molecule has 0 unspecified atom stereocenters. The van der Waals surface area contributed by atoms with Crippen LogP contribution in [-0.2, 0) is 16.2 Å². The van der Waals surface area contributed by atoms with Crippen LogP contribution in [0.25, 0.3) is 22.5 Å². The van der Waals surface area contributed by atoms with Crippen molar-refractivity contribution < 1.29 is 0 Å². The molecule has 0 aliphatic rings. The van der Waals surface area contributed by atoms with Gasteiger partial charge in [0, 0.05) is 16.5 Å². The monoisotopic (exact) mass is 462 g/mol. The van der Waals surface area contributed by atoms with Gasteiger partial charge < -0.3 is 0 Å². The molecule has 180 valence electrons. The van der Waals surface area contributed by atoms with Crippen LogP contribution in [0.3, 0.4) is 0 Å². The molecule has 0 aliphatic carbocycles. The van der Waals surface area contributed by atoms with Crippen molar-refractivity contribution in [3.63, 3.8) is 0 Å². The van der Waals surface area contributed by atoms with E-state index in [9.17, 15) is 0 Å². The van der Waals surface area contributed by atoms with Gasteiger partial charge in [0.25, 0.3) is 0 Å². The summed E-state index contributed by atoms with van der Waals surface area (Å²) in [7, 11) is 0. The first-order valence-corrected chi connectivity index (χ1v) is 12.5. The molecule has 0 aliphatic heterocycles. The Bertz CT molecular complexity index is 1230. The maximum atomic E-state index is 5.12. The lowest BCUT2D eigenvalue weighted by atomic mass is 9.83. The van der Waals surface area contributed by atoms with E-state index in [-0.39, 0.29) is 16.2 Å². The zero-order chi connectivity index (χ0) is 25.4. The van der Waals surface area contributed by atoms with Crippen molar-refractivity contribution in [3.05, 3.63) is 107 Å². The summed E-state index contributed by atoms with van der Waals surface area (Å²) in [6.45, 7) is 17.9. The van der Waals surface area contributed by atoms with Crippen molar-refractivity contribution in [1.82, 2.24) is 9.97 Å². The van der Waals surface area contributed by atoms with Gasteiger partial charge in [0.05, 0.1) is 22.8 Å². The van der Waals surface area contributed by atoms with Crippen molar-refractivity contribution >= 4 is 0 Å². The van der Waals surface area contributed by atoms with Crippen LogP contribution in [0.5, 0.6) is 0 Å². The van der Waals surface area contributed by atoms with E-state index in [4.69, 9.17) is 9.97 Å². The number of hydrogen-bond donors (Lipinski definition) is 0. The molecule has 2 aromatic heterocycles. The number of benzene rings is 2. The quantitative estimate of drug-likeness (QED) is 0.303. The summed E-state index contributed by atoms with van der Waals surface area (Å²) in [6, 6.07) is 30.1. The molecule has 0 amide bonds. The van der Waals surface area contributed by atoms with Crippen LogP contribution in [-0.4, -0.2) is 9.97 Å². The highest BCUT2D eigenvalue weighted by Gasteiger charge is 2.27. The number of nitrogens with zero attached hydrogens (tertiary/aromatic N) is 2. The van der Waals surface area contributed by atoms with Crippen LogP contribution >= 0.6 is 0 Å². The molecular weight excluding hydrogens is 424 g/mol. The maximum absolute atomic E-state index is 5.12.